The molecule has 0 fully saturated rings. The Hall–Kier alpha value is -0.410. The van der Waals surface area contributed by atoms with Crippen molar-refractivity contribution in [2.75, 3.05) is 26.8 Å². The van der Waals surface area contributed by atoms with Crippen LogP contribution in [0, 0.1) is 5.41 Å². The molecule has 3 nitrogen and oxygen atoms in total. The maximum absolute atomic E-state index is 11.3. The first-order chi connectivity index (χ1) is 7.55. The lowest BCUT2D eigenvalue weighted by molar-refractivity contribution is -0.118. The predicted molar refractivity (Wildman–Crippen MR) is 67.7 cm³/mol. The average Bonchev–Trinajstić information content (AvgIpc) is 2.30. The molecule has 0 aromatic rings. The van der Waals surface area contributed by atoms with Crippen LogP contribution in [0.25, 0.3) is 0 Å². The zero-order valence-corrected chi connectivity index (χ0v) is 11.5. The van der Waals surface area contributed by atoms with Crippen molar-refractivity contribution in [2.45, 2.75) is 46.6 Å². The number of rotatable bonds is 9. The summed E-state index contributed by atoms with van der Waals surface area (Å²) in [4.78, 5) is 13.6. The van der Waals surface area contributed by atoms with E-state index in [4.69, 9.17) is 4.74 Å². The molecule has 0 atom stereocenters. The number of carbonyl (C=O) groups is 1. The smallest absolute Gasteiger partial charge is 0.127 e. The topological polar surface area (TPSA) is 29.5 Å². The molecule has 0 saturated heterocycles. The van der Waals surface area contributed by atoms with Gasteiger partial charge in [0.25, 0.3) is 0 Å². The molecule has 0 aliphatic rings. The molecule has 0 aromatic carbocycles. The lowest BCUT2D eigenvalue weighted by atomic mass is 9.83. The van der Waals surface area contributed by atoms with Gasteiger partial charge in [0, 0.05) is 31.7 Å². The third-order valence-corrected chi connectivity index (χ3v) is 3.49. The summed E-state index contributed by atoms with van der Waals surface area (Å²) in [6.07, 6.45) is 2.95. The van der Waals surface area contributed by atoms with Gasteiger partial charge in [0.15, 0.2) is 0 Å². The third kappa shape index (κ3) is 4.62. The Bertz CT molecular complexity index is 188. The van der Waals surface area contributed by atoms with E-state index in [9.17, 15) is 4.79 Å². The molecule has 0 unspecified atom stereocenters. The second-order valence-electron chi connectivity index (χ2n) is 4.74. The SMILES string of the molecule is CCC(C=O)(CC)CN(CCOC)C(C)C. The highest BCUT2D eigenvalue weighted by Gasteiger charge is 2.29. The van der Waals surface area contributed by atoms with Gasteiger partial charge in [0.1, 0.15) is 6.29 Å². The zero-order valence-electron chi connectivity index (χ0n) is 11.5. The van der Waals surface area contributed by atoms with Crippen LogP contribution in [0.2, 0.25) is 0 Å². The third-order valence-electron chi connectivity index (χ3n) is 3.49. The van der Waals surface area contributed by atoms with Crippen molar-refractivity contribution in [3.63, 3.8) is 0 Å². The van der Waals surface area contributed by atoms with Crippen LogP contribution < -0.4 is 0 Å². The molecule has 0 aliphatic carbocycles. The molecule has 0 rings (SSSR count). The predicted octanol–water partition coefficient (Wildman–Crippen LogP) is 2.35. The monoisotopic (exact) mass is 229 g/mol. The fraction of sp³-hybridized carbons (Fsp3) is 0.923. The van der Waals surface area contributed by atoms with Gasteiger partial charge in [-0.2, -0.15) is 0 Å². The first-order valence-corrected chi connectivity index (χ1v) is 6.24. The Morgan fingerprint density at radius 2 is 1.88 bits per heavy atom. The lowest BCUT2D eigenvalue weighted by Gasteiger charge is -2.35. The fourth-order valence-corrected chi connectivity index (χ4v) is 1.81. The van der Waals surface area contributed by atoms with Crippen LogP contribution in [0.5, 0.6) is 0 Å². The number of nitrogens with zero attached hydrogens (tertiary/aromatic N) is 1. The van der Waals surface area contributed by atoms with Crippen molar-refractivity contribution in [2.24, 2.45) is 5.41 Å². The van der Waals surface area contributed by atoms with Crippen LogP contribution in [0.15, 0.2) is 0 Å². The summed E-state index contributed by atoms with van der Waals surface area (Å²) >= 11 is 0. The number of hydrogen-bond acceptors (Lipinski definition) is 3. The van der Waals surface area contributed by atoms with Crippen LogP contribution in [0.1, 0.15) is 40.5 Å². The van der Waals surface area contributed by atoms with Gasteiger partial charge in [0.2, 0.25) is 0 Å². The number of methoxy groups -OCH3 is 1. The van der Waals surface area contributed by atoms with Crippen LogP contribution >= 0.6 is 0 Å². The van der Waals surface area contributed by atoms with Crippen molar-refractivity contribution in [3.8, 4) is 0 Å². The molecule has 3 heteroatoms. The maximum Gasteiger partial charge on any atom is 0.127 e. The van der Waals surface area contributed by atoms with Crippen molar-refractivity contribution < 1.29 is 9.53 Å². The summed E-state index contributed by atoms with van der Waals surface area (Å²) < 4.78 is 5.11. The number of hydrogen-bond donors (Lipinski definition) is 0. The Kier molecular flexibility index (Phi) is 7.60. The Morgan fingerprint density at radius 3 is 2.19 bits per heavy atom. The van der Waals surface area contributed by atoms with Gasteiger partial charge in [-0.15, -0.1) is 0 Å². The molecule has 0 bridgehead atoms. The number of aldehydes is 1. The molecule has 0 aliphatic heterocycles. The van der Waals surface area contributed by atoms with Gasteiger partial charge >= 0.3 is 0 Å². The highest BCUT2D eigenvalue weighted by molar-refractivity contribution is 5.59. The zero-order chi connectivity index (χ0) is 12.6. The van der Waals surface area contributed by atoms with E-state index in [2.05, 4.69) is 32.6 Å². The molecule has 0 amide bonds. The molecule has 0 saturated carbocycles. The van der Waals surface area contributed by atoms with E-state index in [-0.39, 0.29) is 5.41 Å². The van der Waals surface area contributed by atoms with Gasteiger partial charge in [-0.3, -0.25) is 4.90 Å². The first kappa shape index (κ1) is 15.6. The minimum absolute atomic E-state index is 0.183. The van der Waals surface area contributed by atoms with E-state index in [0.29, 0.717) is 6.04 Å². The summed E-state index contributed by atoms with van der Waals surface area (Å²) in [7, 11) is 1.71. The molecule has 16 heavy (non-hydrogen) atoms. The van der Waals surface area contributed by atoms with E-state index < -0.39 is 0 Å². The van der Waals surface area contributed by atoms with E-state index in [1.54, 1.807) is 7.11 Å². The minimum atomic E-state index is -0.183. The average molecular weight is 229 g/mol. The first-order valence-electron chi connectivity index (χ1n) is 6.24. The normalized spacial score (nSPS) is 12.4. The molecule has 0 N–H and O–H groups in total. The van der Waals surface area contributed by atoms with E-state index in [1.807, 2.05) is 0 Å². The van der Waals surface area contributed by atoms with Crippen LogP contribution in [0.4, 0.5) is 0 Å². The molecule has 0 heterocycles. The second kappa shape index (κ2) is 7.80. The van der Waals surface area contributed by atoms with E-state index in [0.717, 1.165) is 38.8 Å². The summed E-state index contributed by atoms with van der Waals surface area (Å²) in [5.41, 5.74) is -0.183. The Morgan fingerprint density at radius 1 is 1.31 bits per heavy atom. The number of ether oxygens (including phenoxy) is 1. The van der Waals surface area contributed by atoms with Crippen molar-refractivity contribution in [3.05, 3.63) is 0 Å². The van der Waals surface area contributed by atoms with Gasteiger partial charge in [-0.1, -0.05) is 13.8 Å². The van der Waals surface area contributed by atoms with E-state index in [1.165, 1.54) is 0 Å². The summed E-state index contributed by atoms with van der Waals surface area (Å²) in [6, 6.07) is 0.451. The fourth-order valence-electron chi connectivity index (χ4n) is 1.81. The highest BCUT2D eigenvalue weighted by atomic mass is 16.5. The van der Waals surface area contributed by atoms with Crippen molar-refractivity contribution in [1.82, 2.24) is 4.90 Å². The molecular weight excluding hydrogens is 202 g/mol. The second-order valence-corrected chi connectivity index (χ2v) is 4.74. The quantitative estimate of drug-likeness (QED) is 0.568. The Balaban J connectivity index is 4.50. The maximum atomic E-state index is 11.3. The summed E-state index contributed by atoms with van der Waals surface area (Å²) in [6.45, 7) is 11.0. The standard InChI is InChI=1S/C13H27NO2/c1-6-13(7-2,11-15)10-14(12(3)4)8-9-16-5/h11-12H,6-10H2,1-5H3. The number of carbonyl (C=O) groups excluding carboxylic acids is 1. The largest absolute Gasteiger partial charge is 0.383 e. The molecular formula is C13H27NO2. The van der Waals surface area contributed by atoms with Gasteiger partial charge in [-0.25, -0.2) is 0 Å². The molecule has 0 aromatic heterocycles. The van der Waals surface area contributed by atoms with Crippen molar-refractivity contribution in [1.29, 1.82) is 0 Å². The van der Waals surface area contributed by atoms with Crippen LogP contribution in [-0.2, 0) is 9.53 Å². The molecule has 96 valence electrons. The molecule has 0 spiro atoms. The lowest BCUT2D eigenvalue weighted by Crippen LogP contribution is -2.43. The summed E-state index contributed by atoms with van der Waals surface area (Å²) in [5.74, 6) is 0. The highest BCUT2D eigenvalue weighted by Crippen LogP contribution is 2.25. The van der Waals surface area contributed by atoms with Crippen molar-refractivity contribution >= 4 is 6.29 Å². The summed E-state index contributed by atoms with van der Waals surface area (Å²) in [5, 5.41) is 0. The molecule has 0 radical (unpaired) electrons. The van der Waals surface area contributed by atoms with Gasteiger partial charge in [0.05, 0.1) is 6.61 Å². The van der Waals surface area contributed by atoms with Gasteiger partial charge < -0.3 is 9.53 Å². The van der Waals surface area contributed by atoms with Gasteiger partial charge in [-0.05, 0) is 26.7 Å². The van der Waals surface area contributed by atoms with Crippen LogP contribution in [0.3, 0.4) is 0 Å². The van der Waals surface area contributed by atoms with Crippen LogP contribution in [-0.4, -0.2) is 44.0 Å². The minimum Gasteiger partial charge on any atom is -0.383 e. The Labute approximate surface area is 100 Å². The van der Waals surface area contributed by atoms with E-state index >= 15 is 0 Å².